The van der Waals surface area contributed by atoms with Crippen molar-refractivity contribution in [3.8, 4) is 5.75 Å². The summed E-state index contributed by atoms with van der Waals surface area (Å²) >= 11 is 5.82. The maximum Gasteiger partial charge on any atom is 0.338 e. The van der Waals surface area contributed by atoms with E-state index in [1.807, 2.05) is 85.8 Å². The summed E-state index contributed by atoms with van der Waals surface area (Å²) in [7, 11) is 0. The van der Waals surface area contributed by atoms with Gasteiger partial charge in [-0.05, 0) is 88.4 Å². The summed E-state index contributed by atoms with van der Waals surface area (Å²) < 4.78 is 15.4. The number of rotatable bonds is 7. The SMILES string of the molecule is CCOC(=O)C1=C(c2ccccc2)N=c2s/c(=C\c3cc(I)c(OCC)c(I)c3)c(=O)n2[C@H]1c1ccccc1. The highest BCUT2D eigenvalue weighted by Gasteiger charge is 2.35. The number of carbonyl (C=O) groups is 1. The highest BCUT2D eigenvalue weighted by atomic mass is 127. The van der Waals surface area contributed by atoms with Gasteiger partial charge < -0.3 is 9.47 Å². The van der Waals surface area contributed by atoms with E-state index < -0.39 is 12.0 Å². The number of carbonyl (C=O) groups excluding carboxylic acids is 1. The number of benzene rings is 3. The van der Waals surface area contributed by atoms with Crippen molar-refractivity contribution in [1.29, 1.82) is 0 Å². The number of aromatic nitrogens is 1. The van der Waals surface area contributed by atoms with Crippen molar-refractivity contribution < 1.29 is 14.3 Å². The van der Waals surface area contributed by atoms with Gasteiger partial charge in [0.2, 0.25) is 0 Å². The molecule has 0 N–H and O–H groups in total. The summed E-state index contributed by atoms with van der Waals surface area (Å²) in [6, 6.07) is 22.4. The molecule has 4 aromatic rings. The first-order valence-electron chi connectivity index (χ1n) is 12.4. The number of ether oxygens (including phenoxy) is 2. The largest absolute Gasteiger partial charge is 0.492 e. The Morgan fingerprint density at radius 3 is 2.26 bits per heavy atom. The second-order valence-electron chi connectivity index (χ2n) is 8.59. The van der Waals surface area contributed by atoms with Crippen molar-refractivity contribution in [3.05, 3.63) is 122 Å². The molecule has 1 aliphatic rings. The Morgan fingerprint density at radius 1 is 1.00 bits per heavy atom. The monoisotopic (exact) mass is 762 g/mol. The predicted octanol–water partition coefficient (Wildman–Crippen LogP) is 5.54. The van der Waals surface area contributed by atoms with Crippen molar-refractivity contribution in [2.24, 2.45) is 4.99 Å². The Bertz CT molecular complexity index is 1720. The maximum absolute atomic E-state index is 14.0. The molecule has 0 aliphatic carbocycles. The molecule has 0 saturated carbocycles. The predicted molar refractivity (Wildman–Crippen MR) is 171 cm³/mol. The van der Waals surface area contributed by atoms with Crippen LogP contribution in [0.3, 0.4) is 0 Å². The van der Waals surface area contributed by atoms with E-state index in [1.54, 1.807) is 11.5 Å². The molecule has 1 atom stereocenters. The molecule has 0 saturated heterocycles. The van der Waals surface area contributed by atoms with Crippen LogP contribution >= 0.6 is 56.5 Å². The topological polar surface area (TPSA) is 69.9 Å². The zero-order valence-electron chi connectivity index (χ0n) is 21.2. The van der Waals surface area contributed by atoms with Crippen LogP contribution in [0.5, 0.6) is 5.75 Å². The third kappa shape index (κ3) is 5.62. The average molecular weight is 762 g/mol. The fraction of sp³-hybridized carbons (Fsp3) is 0.167. The first-order valence-corrected chi connectivity index (χ1v) is 15.4. The standard InChI is InChI=1S/C30H24I2N2O4S/c1-3-37-27-21(31)15-18(16-22(27)32)17-23-28(35)34-26(20-13-9-6-10-14-20)24(29(36)38-4-2)25(33-30(34)39-23)19-11-7-5-8-12-19/h5-17,26H,3-4H2,1-2H3/b23-17-/t26-/m0/s1. The molecule has 2 heterocycles. The van der Waals surface area contributed by atoms with Gasteiger partial charge in [0, 0.05) is 5.56 Å². The van der Waals surface area contributed by atoms with Gasteiger partial charge >= 0.3 is 5.97 Å². The van der Waals surface area contributed by atoms with Crippen molar-refractivity contribution in [2.75, 3.05) is 13.2 Å². The van der Waals surface area contributed by atoms with Gasteiger partial charge in [0.15, 0.2) is 4.80 Å². The minimum atomic E-state index is -0.681. The Morgan fingerprint density at radius 2 is 1.64 bits per heavy atom. The van der Waals surface area contributed by atoms with Gasteiger partial charge in [0.1, 0.15) is 5.75 Å². The number of fused-ring (bicyclic) bond motifs is 1. The molecule has 1 aromatic heterocycles. The smallest absolute Gasteiger partial charge is 0.338 e. The van der Waals surface area contributed by atoms with Crippen LogP contribution in [0.2, 0.25) is 0 Å². The molecule has 0 radical (unpaired) electrons. The van der Waals surface area contributed by atoms with Crippen molar-refractivity contribution in [3.63, 3.8) is 0 Å². The van der Waals surface area contributed by atoms with Gasteiger partial charge in [0.05, 0.1) is 42.2 Å². The quantitative estimate of drug-likeness (QED) is 0.183. The van der Waals surface area contributed by atoms with E-state index >= 15 is 0 Å². The summed E-state index contributed by atoms with van der Waals surface area (Å²) in [6.45, 7) is 4.52. The lowest BCUT2D eigenvalue weighted by Gasteiger charge is -2.25. The van der Waals surface area contributed by atoms with Crippen LogP contribution in [0.4, 0.5) is 0 Å². The summed E-state index contributed by atoms with van der Waals surface area (Å²) in [5, 5.41) is 0. The third-order valence-electron chi connectivity index (χ3n) is 6.10. The Balaban J connectivity index is 1.78. The summed E-state index contributed by atoms with van der Waals surface area (Å²) in [4.78, 5) is 32.9. The molecule has 39 heavy (non-hydrogen) atoms. The highest BCUT2D eigenvalue weighted by molar-refractivity contribution is 14.1. The molecule has 198 valence electrons. The molecule has 0 bridgehead atoms. The van der Waals surface area contributed by atoms with E-state index in [0.29, 0.717) is 27.2 Å². The van der Waals surface area contributed by atoms with E-state index in [9.17, 15) is 9.59 Å². The van der Waals surface area contributed by atoms with E-state index in [4.69, 9.17) is 14.5 Å². The molecule has 5 rings (SSSR count). The van der Waals surface area contributed by atoms with Crippen LogP contribution < -0.4 is 19.6 Å². The third-order valence-corrected chi connectivity index (χ3v) is 8.68. The second-order valence-corrected chi connectivity index (χ2v) is 11.9. The molecule has 0 fully saturated rings. The normalized spacial score (nSPS) is 15.1. The summed E-state index contributed by atoms with van der Waals surface area (Å²) in [5.41, 5.74) is 3.14. The van der Waals surface area contributed by atoms with Gasteiger partial charge in [0.25, 0.3) is 5.56 Å². The van der Waals surface area contributed by atoms with Crippen LogP contribution in [0, 0.1) is 7.14 Å². The molecule has 1 aliphatic heterocycles. The molecule has 0 unspecified atom stereocenters. The average Bonchev–Trinajstić information content (AvgIpc) is 3.25. The minimum absolute atomic E-state index is 0.208. The molecular weight excluding hydrogens is 738 g/mol. The summed E-state index contributed by atoms with van der Waals surface area (Å²) in [5.74, 6) is 0.354. The molecule has 6 nitrogen and oxygen atoms in total. The molecule has 0 spiro atoms. The first kappa shape index (κ1) is 27.8. The van der Waals surface area contributed by atoms with Crippen LogP contribution in [0.25, 0.3) is 11.8 Å². The summed E-state index contributed by atoms with van der Waals surface area (Å²) in [6.07, 6.45) is 1.88. The Kier molecular flexibility index (Phi) is 8.67. The van der Waals surface area contributed by atoms with Crippen molar-refractivity contribution in [2.45, 2.75) is 19.9 Å². The van der Waals surface area contributed by atoms with Gasteiger partial charge in [-0.1, -0.05) is 72.0 Å². The molecule has 9 heteroatoms. The van der Waals surface area contributed by atoms with E-state index in [0.717, 1.165) is 29.6 Å². The number of hydrogen-bond donors (Lipinski definition) is 0. The van der Waals surface area contributed by atoms with Crippen LogP contribution in [0.1, 0.15) is 36.6 Å². The lowest BCUT2D eigenvalue weighted by molar-refractivity contribution is -0.138. The second kappa shape index (κ2) is 12.2. The first-order chi connectivity index (χ1) is 18.9. The van der Waals surface area contributed by atoms with Crippen molar-refractivity contribution >= 4 is 74.3 Å². The lowest BCUT2D eigenvalue weighted by atomic mass is 9.93. The molecule has 3 aromatic carbocycles. The highest BCUT2D eigenvalue weighted by Crippen LogP contribution is 2.35. The number of halogens is 2. The lowest BCUT2D eigenvalue weighted by Crippen LogP contribution is -2.40. The van der Waals surface area contributed by atoms with Gasteiger partial charge in [-0.25, -0.2) is 9.79 Å². The van der Waals surface area contributed by atoms with Crippen LogP contribution in [-0.4, -0.2) is 23.8 Å². The molecular formula is C30H24I2N2O4S. The maximum atomic E-state index is 14.0. The van der Waals surface area contributed by atoms with Gasteiger partial charge in [-0.3, -0.25) is 9.36 Å². The Hall–Kier alpha value is -2.77. The number of esters is 1. The van der Waals surface area contributed by atoms with Gasteiger partial charge in [-0.2, -0.15) is 0 Å². The zero-order chi connectivity index (χ0) is 27.5. The van der Waals surface area contributed by atoms with E-state index in [2.05, 4.69) is 45.2 Å². The van der Waals surface area contributed by atoms with E-state index in [-0.39, 0.29) is 12.2 Å². The van der Waals surface area contributed by atoms with Crippen LogP contribution in [0.15, 0.2) is 88.2 Å². The van der Waals surface area contributed by atoms with Crippen molar-refractivity contribution in [1.82, 2.24) is 4.57 Å². The number of thiazole rings is 1. The number of nitrogens with zero attached hydrogens (tertiary/aromatic N) is 2. The van der Waals surface area contributed by atoms with E-state index in [1.165, 1.54) is 11.3 Å². The minimum Gasteiger partial charge on any atom is -0.492 e. The Labute approximate surface area is 257 Å². The van der Waals surface area contributed by atoms with Gasteiger partial charge in [-0.15, -0.1) is 0 Å². The molecule has 0 amide bonds. The fourth-order valence-corrected chi connectivity index (χ4v) is 7.62. The van der Waals surface area contributed by atoms with Crippen LogP contribution in [-0.2, 0) is 9.53 Å². The zero-order valence-corrected chi connectivity index (χ0v) is 26.3. The number of hydrogen-bond acceptors (Lipinski definition) is 6. The fourth-order valence-electron chi connectivity index (χ4n) is 4.49.